The lowest BCUT2D eigenvalue weighted by molar-refractivity contribution is 0.0393. The summed E-state index contributed by atoms with van der Waals surface area (Å²) in [7, 11) is 0. The molecule has 20 heavy (non-hydrogen) atoms. The van der Waals surface area contributed by atoms with Gasteiger partial charge in [-0.15, -0.1) is 0 Å². The maximum atomic E-state index is 13.3. The Morgan fingerprint density at radius 3 is 2.95 bits per heavy atom. The molecule has 1 aromatic heterocycles. The first-order valence-corrected chi connectivity index (χ1v) is 7.25. The van der Waals surface area contributed by atoms with Gasteiger partial charge in [0.1, 0.15) is 17.7 Å². The predicted octanol–water partition coefficient (Wildman–Crippen LogP) is 3.56. The lowest BCUT2D eigenvalue weighted by atomic mass is 10.1. The minimum absolute atomic E-state index is 0.120. The first-order valence-electron chi connectivity index (χ1n) is 6.46. The highest BCUT2D eigenvalue weighted by Gasteiger charge is 2.23. The molecule has 1 fully saturated rings. The quantitative estimate of drug-likeness (QED) is 0.838. The average molecular weight is 337 g/mol. The van der Waals surface area contributed by atoms with Gasteiger partial charge < -0.3 is 9.64 Å². The Morgan fingerprint density at radius 2 is 2.20 bits per heavy atom. The number of ether oxygens (including phenoxy) is 1. The molecule has 0 spiro atoms. The van der Waals surface area contributed by atoms with Gasteiger partial charge in [-0.2, -0.15) is 0 Å². The molecule has 1 aliphatic heterocycles. The molecule has 1 aromatic carbocycles. The number of halogens is 2. The zero-order valence-corrected chi connectivity index (χ0v) is 12.4. The summed E-state index contributed by atoms with van der Waals surface area (Å²) in [6.07, 6.45) is 1.66. The van der Waals surface area contributed by atoms with E-state index in [9.17, 15) is 4.39 Å². The van der Waals surface area contributed by atoms with Gasteiger partial charge in [0.25, 0.3) is 0 Å². The highest BCUT2D eigenvalue weighted by molar-refractivity contribution is 9.10. The fourth-order valence-corrected chi connectivity index (χ4v) is 2.56. The summed E-state index contributed by atoms with van der Waals surface area (Å²) in [5.74, 6) is 0.683. The maximum Gasteiger partial charge on any atom is 0.128 e. The van der Waals surface area contributed by atoms with Crippen LogP contribution in [0.2, 0.25) is 0 Å². The summed E-state index contributed by atoms with van der Waals surface area (Å²) in [6, 6.07) is 10.5. The molecule has 3 rings (SSSR count). The predicted molar refractivity (Wildman–Crippen MR) is 79.2 cm³/mol. The van der Waals surface area contributed by atoms with E-state index >= 15 is 0 Å². The molecule has 1 saturated heterocycles. The van der Waals surface area contributed by atoms with E-state index in [0.29, 0.717) is 13.2 Å². The number of hydrogen-bond acceptors (Lipinski definition) is 3. The van der Waals surface area contributed by atoms with Crippen LogP contribution in [0.25, 0.3) is 0 Å². The van der Waals surface area contributed by atoms with E-state index in [-0.39, 0.29) is 11.9 Å². The number of hydrogen-bond donors (Lipinski definition) is 0. The third kappa shape index (κ3) is 2.99. The average Bonchev–Trinajstić information content (AvgIpc) is 2.48. The number of pyridine rings is 1. The van der Waals surface area contributed by atoms with E-state index < -0.39 is 0 Å². The Bertz CT molecular complexity index is 591. The Kier molecular flexibility index (Phi) is 3.98. The van der Waals surface area contributed by atoms with Crippen molar-refractivity contribution in [2.45, 2.75) is 6.10 Å². The Balaban J connectivity index is 1.78. The number of nitrogens with zero attached hydrogens (tertiary/aromatic N) is 2. The van der Waals surface area contributed by atoms with Gasteiger partial charge in [0.15, 0.2) is 0 Å². The lowest BCUT2D eigenvalue weighted by Gasteiger charge is -2.34. The number of aromatic nitrogens is 1. The highest BCUT2D eigenvalue weighted by atomic mass is 79.9. The Morgan fingerprint density at radius 1 is 1.30 bits per heavy atom. The fraction of sp³-hybridized carbons (Fsp3) is 0.267. The van der Waals surface area contributed by atoms with Crippen LogP contribution in [0.1, 0.15) is 11.7 Å². The van der Waals surface area contributed by atoms with Crippen LogP contribution in [0.3, 0.4) is 0 Å². The van der Waals surface area contributed by atoms with Gasteiger partial charge in [0.05, 0.1) is 6.61 Å². The first kappa shape index (κ1) is 13.5. The first-order chi connectivity index (χ1) is 9.72. The second-order valence-corrected chi connectivity index (χ2v) is 5.61. The number of rotatable bonds is 2. The third-order valence-electron chi connectivity index (χ3n) is 3.32. The molecule has 0 saturated carbocycles. The zero-order valence-electron chi connectivity index (χ0n) is 10.8. The van der Waals surface area contributed by atoms with E-state index in [4.69, 9.17) is 4.74 Å². The summed E-state index contributed by atoms with van der Waals surface area (Å²) in [4.78, 5) is 6.56. The summed E-state index contributed by atoms with van der Waals surface area (Å²) < 4.78 is 20.0. The molecule has 3 nitrogen and oxygen atoms in total. The van der Waals surface area contributed by atoms with E-state index in [1.807, 2.05) is 18.2 Å². The van der Waals surface area contributed by atoms with Crippen LogP contribution in [0.5, 0.6) is 0 Å². The summed E-state index contributed by atoms with van der Waals surface area (Å²) >= 11 is 3.38. The van der Waals surface area contributed by atoms with Crippen LogP contribution in [-0.4, -0.2) is 24.7 Å². The monoisotopic (exact) mass is 336 g/mol. The van der Waals surface area contributed by atoms with E-state index in [0.717, 1.165) is 22.4 Å². The van der Waals surface area contributed by atoms with Gasteiger partial charge in [-0.25, -0.2) is 9.37 Å². The van der Waals surface area contributed by atoms with Crippen molar-refractivity contribution >= 4 is 21.7 Å². The summed E-state index contributed by atoms with van der Waals surface area (Å²) in [5, 5.41) is 0. The van der Waals surface area contributed by atoms with E-state index in [2.05, 4.69) is 25.8 Å². The van der Waals surface area contributed by atoms with Crippen LogP contribution in [0.4, 0.5) is 10.2 Å². The van der Waals surface area contributed by atoms with Crippen molar-refractivity contribution in [1.82, 2.24) is 4.98 Å². The molecule has 1 aliphatic rings. The zero-order chi connectivity index (χ0) is 13.9. The van der Waals surface area contributed by atoms with Crippen LogP contribution in [-0.2, 0) is 4.74 Å². The van der Waals surface area contributed by atoms with Crippen LogP contribution in [0.15, 0.2) is 47.1 Å². The van der Waals surface area contributed by atoms with Crippen molar-refractivity contribution in [1.29, 1.82) is 0 Å². The molecular formula is C15H14BrFN2O. The summed E-state index contributed by atoms with van der Waals surface area (Å²) in [5.41, 5.74) is 0.867. The fourth-order valence-electron chi connectivity index (χ4n) is 2.32. The van der Waals surface area contributed by atoms with Crippen molar-refractivity contribution in [3.63, 3.8) is 0 Å². The smallest absolute Gasteiger partial charge is 0.128 e. The number of benzene rings is 1. The van der Waals surface area contributed by atoms with Gasteiger partial charge in [0.2, 0.25) is 0 Å². The van der Waals surface area contributed by atoms with Crippen molar-refractivity contribution in [2.75, 3.05) is 24.6 Å². The third-order valence-corrected chi connectivity index (χ3v) is 3.79. The second kappa shape index (κ2) is 5.89. The molecule has 1 atom stereocenters. The van der Waals surface area contributed by atoms with Crippen LogP contribution < -0.4 is 4.90 Å². The van der Waals surface area contributed by atoms with Crippen molar-refractivity contribution in [2.24, 2.45) is 0 Å². The van der Waals surface area contributed by atoms with Crippen LogP contribution >= 0.6 is 15.9 Å². The minimum Gasteiger partial charge on any atom is -0.370 e. The number of morpholine rings is 1. The van der Waals surface area contributed by atoms with E-state index in [1.165, 1.54) is 12.1 Å². The molecule has 0 radical (unpaired) electrons. The normalized spacial score (nSPS) is 19.1. The molecule has 1 unspecified atom stereocenters. The topological polar surface area (TPSA) is 25.4 Å². The molecule has 5 heteroatoms. The molecule has 0 bridgehead atoms. The Labute approximate surface area is 125 Å². The van der Waals surface area contributed by atoms with Crippen molar-refractivity contribution in [3.8, 4) is 0 Å². The standard InChI is InChI=1S/C15H14BrFN2O/c16-12-4-5-15(18-9-12)19-6-7-20-14(10-19)11-2-1-3-13(17)8-11/h1-5,8-9,14H,6-7,10H2. The largest absolute Gasteiger partial charge is 0.370 e. The molecule has 104 valence electrons. The minimum atomic E-state index is -0.231. The van der Waals surface area contributed by atoms with Gasteiger partial charge in [-0.1, -0.05) is 12.1 Å². The molecule has 0 amide bonds. The second-order valence-electron chi connectivity index (χ2n) is 4.70. The number of anilines is 1. The molecule has 0 N–H and O–H groups in total. The maximum absolute atomic E-state index is 13.3. The molecule has 0 aliphatic carbocycles. The molecular weight excluding hydrogens is 323 g/mol. The van der Waals surface area contributed by atoms with E-state index in [1.54, 1.807) is 12.3 Å². The van der Waals surface area contributed by atoms with Gasteiger partial charge >= 0.3 is 0 Å². The van der Waals surface area contributed by atoms with Crippen molar-refractivity contribution < 1.29 is 9.13 Å². The summed E-state index contributed by atoms with van der Waals surface area (Å²) in [6.45, 7) is 2.08. The van der Waals surface area contributed by atoms with Crippen molar-refractivity contribution in [3.05, 3.63) is 58.4 Å². The Hall–Kier alpha value is -1.46. The van der Waals surface area contributed by atoms with Gasteiger partial charge in [-0.05, 0) is 45.8 Å². The van der Waals surface area contributed by atoms with Gasteiger partial charge in [0, 0.05) is 23.8 Å². The highest BCUT2D eigenvalue weighted by Crippen LogP contribution is 2.26. The molecule has 2 aromatic rings. The van der Waals surface area contributed by atoms with Crippen LogP contribution in [0, 0.1) is 5.82 Å². The van der Waals surface area contributed by atoms with Gasteiger partial charge in [-0.3, -0.25) is 0 Å². The molecule has 2 heterocycles. The SMILES string of the molecule is Fc1cccc(C2CN(c3ccc(Br)cn3)CCO2)c1. The lowest BCUT2D eigenvalue weighted by Crippen LogP contribution is -2.38.